The second-order valence-electron chi connectivity index (χ2n) is 3.87. The Balaban J connectivity index is 2.55. The summed E-state index contributed by atoms with van der Waals surface area (Å²) in [6.45, 7) is 3.64. The summed E-state index contributed by atoms with van der Waals surface area (Å²) in [6.07, 6.45) is 3.68. The van der Waals surface area contributed by atoms with Crippen LogP contribution in [-0.2, 0) is 16.1 Å². The van der Waals surface area contributed by atoms with Gasteiger partial charge in [0.05, 0.1) is 6.20 Å². The van der Waals surface area contributed by atoms with Crippen molar-refractivity contribution in [3.63, 3.8) is 0 Å². The van der Waals surface area contributed by atoms with Crippen molar-refractivity contribution in [3.05, 3.63) is 12.4 Å². The lowest BCUT2D eigenvalue weighted by molar-refractivity contribution is -0.143. The Hall–Kier alpha value is -1.92. The fourth-order valence-corrected chi connectivity index (χ4v) is 1.37. The summed E-state index contributed by atoms with van der Waals surface area (Å²) < 4.78 is 1.34. The molecule has 0 aliphatic rings. The van der Waals surface area contributed by atoms with Gasteiger partial charge in [-0.25, -0.2) is 9.48 Å². The van der Waals surface area contributed by atoms with Crippen LogP contribution in [0.2, 0.25) is 0 Å². The summed E-state index contributed by atoms with van der Waals surface area (Å²) in [4.78, 5) is 22.6. The van der Waals surface area contributed by atoms with Crippen LogP contribution in [0.5, 0.6) is 0 Å². The molecule has 0 radical (unpaired) electrons. The molecule has 0 spiro atoms. The highest BCUT2D eigenvalue weighted by Crippen LogP contribution is 2.07. The maximum atomic E-state index is 11.6. The number of amides is 1. The van der Waals surface area contributed by atoms with E-state index in [0.29, 0.717) is 6.42 Å². The quantitative estimate of drug-likeness (QED) is 0.723. The number of nitrogens with one attached hydrogen (secondary N) is 1. The number of nitrogens with zero attached hydrogens (tertiary/aromatic N) is 3. The van der Waals surface area contributed by atoms with Crippen molar-refractivity contribution >= 4 is 11.9 Å². The second kappa shape index (κ2) is 5.97. The number of hydrogen-bond acceptors (Lipinski definition) is 4. The summed E-state index contributed by atoms with van der Waals surface area (Å²) in [7, 11) is 0. The smallest absolute Gasteiger partial charge is 0.326 e. The predicted molar refractivity (Wildman–Crippen MR) is 59.0 cm³/mol. The van der Waals surface area contributed by atoms with E-state index < -0.39 is 12.0 Å². The van der Waals surface area contributed by atoms with Crippen molar-refractivity contribution in [2.24, 2.45) is 5.92 Å². The van der Waals surface area contributed by atoms with E-state index in [1.165, 1.54) is 10.9 Å². The molecule has 1 amide bonds. The van der Waals surface area contributed by atoms with Gasteiger partial charge in [-0.2, -0.15) is 0 Å². The Morgan fingerprint density at radius 1 is 1.53 bits per heavy atom. The summed E-state index contributed by atoms with van der Waals surface area (Å²) in [6, 6.07) is -0.865. The van der Waals surface area contributed by atoms with Crippen molar-refractivity contribution in [1.29, 1.82) is 0 Å². The maximum absolute atomic E-state index is 11.6. The molecule has 2 N–H and O–H groups in total. The molecule has 2 unspecified atom stereocenters. The van der Waals surface area contributed by atoms with Crippen molar-refractivity contribution in [2.75, 3.05) is 0 Å². The number of carbonyl (C=O) groups excluding carboxylic acids is 1. The average Bonchev–Trinajstić information content (AvgIpc) is 2.77. The van der Waals surface area contributed by atoms with Crippen LogP contribution < -0.4 is 5.32 Å². The Bertz CT molecular complexity index is 377. The molecule has 1 aromatic rings. The van der Waals surface area contributed by atoms with Crippen LogP contribution in [0.25, 0.3) is 0 Å². The number of carboxylic acid groups (broad SMARTS) is 1. The Morgan fingerprint density at radius 2 is 2.24 bits per heavy atom. The normalized spacial score (nSPS) is 14.0. The standard InChI is InChI=1S/C10H16N4O3/c1-3-7(2)9(10(16)17)12-8(15)6-14-5-4-11-13-14/h4-5,7,9H,3,6H2,1-2H3,(H,12,15)(H,16,17). The van der Waals surface area contributed by atoms with Crippen LogP contribution in [0.4, 0.5) is 0 Å². The van der Waals surface area contributed by atoms with Gasteiger partial charge in [0.2, 0.25) is 5.91 Å². The highest BCUT2D eigenvalue weighted by Gasteiger charge is 2.25. The lowest BCUT2D eigenvalue weighted by Crippen LogP contribution is -2.46. The largest absolute Gasteiger partial charge is 0.480 e. The van der Waals surface area contributed by atoms with Gasteiger partial charge in [-0.3, -0.25) is 4.79 Å². The minimum atomic E-state index is -1.02. The summed E-state index contributed by atoms with van der Waals surface area (Å²) in [5, 5.41) is 18.7. The Kier molecular flexibility index (Phi) is 4.62. The van der Waals surface area contributed by atoms with Crippen LogP contribution in [-0.4, -0.2) is 38.0 Å². The molecule has 1 aromatic heterocycles. The first-order valence-corrected chi connectivity index (χ1v) is 5.40. The number of rotatable bonds is 6. The number of carboxylic acids is 1. The fraction of sp³-hybridized carbons (Fsp3) is 0.600. The Labute approximate surface area is 98.8 Å². The average molecular weight is 240 g/mol. The van der Waals surface area contributed by atoms with Crippen molar-refractivity contribution in [1.82, 2.24) is 20.3 Å². The second-order valence-corrected chi connectivity index (χ2v) is 3.87. The van der Waals surface area contributed by atoms with Gasteiger partial charge < -0.3 is 10.4 Å². The molecule has 1 heterocycles. The fourth-order valence-electron chi connectivity index (χ4n) is 1.37. The van der Waals surface area contributed by atoms with Crippen LogP contribution in [0.1, 0.15) is 20.3 Å². The number of hydrogen-bond donors (Lipinski definition) is 2. The summed E-state index contributed by atoms with van der Waals surface area (Å²) >= 11 is 0. The summed E-state index contributed by atoms with van der Waals surface area (Å²) in [5.41, 5.74) is 0. The first-order chi connectivity index (χ1) is 8.04. The molecular formula is C10H16N4O3. The highest BCUT2D eigenvalue weighted by molar-refractivity contribution is 5.83. The van der Waals surface area contributed by atoms with E-state index in [1.54, 1.807) is 13.1 Å². The third-order valence-corrected chi connectivity index (χ3v) is 2.57. The number of aromatic nitrogens is 3. The van der Waals surface area contributed by atoms with E-state index in [1.807, 2.05) is 6.92 Å². The first kappa shape index (κ1) is 13.1. The Morgan fingerprint density at radius 3 is 2.71 bits per heavy atom. The van der Waals surface area contributed by atoms with Crippen LogP contribution in [0.3, 0.4) is 0 Å². The molecule has 1 rings (SSSR count). The predicted octanol–water partition coefficient (Wildman–Crippen LogP) is -0.106. The summed E-state index contributed by atoms with van der Waals surface area (Å²) in [5.74, 6) is -1.53. The number of aliphatic carboxylic acids is 1. The minimum absolute atomic E-state index is 0.0276. The number of carbonyl (C=O) groups is 2. The van der Waals surface area contributed by atoms with Gasteiger partial charge in [0.1, 0.15) is 12.6 Å². The van der Waals surface area contributed by atoms with E-state index in [4.69, 9.17) is 5.11 Å². The van der Waals surface area contributed by atoms with Crippen LogP contribution >= 0.6 is 0 Å². The maximum Gasteiger partial charge on any atom is 0.326 e. The van der Waals surface area contributed by atoms with Gasteiger partial charge in [0, 0.05) is 6.20 Å². The van der Waals surface area contributed by atoms with Gasteiger partial charge in [-0.05, 0) is 5.92 Å². The van der Waals surface area contributed by atoms with E-state index in [0.717, 1.165) is 0 Å². The van der Waals surface area contributed by atoms with Gasteiger partial charge in [0.25, 0.3) is 0 Å². The van der Waals surface area contributed by atoms with Gasteiger partial charge in [-0.15, -0.1) is 5.10 Å². The van der Waals surface area contributed by atoms with Crippen molar-refractivity contribution in [3.8, 4) is 0 Å². The SMILES string of the molecule is CCC(C)C(NC(=O)Cn1ccnn1)C(=O)O. The zero-order chi connectivity index (χ0) is 12.8. The molecule has 0 aliphatic heterocycles. The molecular weight excluding hydrogens is 224 g/mol. The van der Waals surface area contributed by atoms with Gasteiger partial charge >= 0.3 is 5.97 Å². The van der Waals surface area contributed by atoms with E-state index in [-0.39, 0.29) is 18.4 Å². The minimum Gasteiger partial charge on any atom is -0.480 e. The van der Waals surface area contributed by atoms with E-state index in [9.17, 15) is 9.59 Å². The molecule has 0 bridgehead atoms. The topological polar surface area (TPSA) is 97.1 Å². The molecule has 0 saturated carbocycles. The molecule has 0 fully saturated rings. The molecule has 0 aliphatic carbocycles. The van der Waals surface area contributed by atoms with Crippen molar-refractivity contribution in [2.45, 2.75) is 32.9 Å². The van der Waals surface area contributed by atoms with Gasteiger partial charge in [0.15, 0.2) is 0 Å². The monoisotopic (exact) mass is 240 g/mol. The molecule has 94 valence electrons. The molecule has 7 nitrogen and oxygen atoms in total. The molecule has 17 heavy (non-hydrogen) atoms. The van der Waals surface area contributed by atoms with E-state index in [2.05, 4.69) is 15.6 Å². The van der Waals surface area contributed by atoms with Gasteiger partial charge in [-0.1, -0.05) is 25.5 Å². The highest BCUT2D eigenvalue weighted by atomic mass is 16.4. The third kappa shape index (κ3) is 3.86. The first-order valence-electron chi connectivity index (χ1n) is 5.40. The lowest BCUT2D eigenvalue weighted by atomic mass is 9.99. The molecule has 0 aromatic carbocycles. The third-order valence-electron chi connectivity index (χ3n) is 2.57. The van der Waals surface area contributed by atoms with Crippen LogP contribution in [0.15, 0.2) is 12.4 Å². The zero-order valence-corrected chi connectivity index (χ0v) is 9.83. The molecule has 2 atom stereocenters. The van der Waals surface area contributed by atoms with Crippen LogP contribution in [0, 0.1) is 5.92 Å². The van der Waals surface area contributed by atoms with Crippen molar-refractivity contribution < 1.29 is 14.7 Å². The molecule has 7 heteroatoms. The zero-order valence-electron chi connectivity index (χ0n) is 9.83. The van der Waals surface area contributed by atoms with E-state index >= 15 is 0 Å². The molecule has 0 saturated heterocycles. The lowest BCUT2D eigenvalue weighted by Gasteiger charge is -2.19.